The van der Waals surface area contributed by atoms with Crippen molar-refractivity contribution in [2.24, 2.45) is 0 Å². The molecule has 0 amide bonds. The quantitative estimate of drug-likeness (QED) is 0.159. The number of rotatable bonds is 11. The minimum Gasteiger partial charge on any atom is -0.748 e. The van der Waals surface area contributed by atoms with Gasteiger partial charge in [0.2, 0.25) is 5.52 Å². The van der Waals surface area contributed by atoms with Gasteiger partial charge in [-0.3, -0.25) is 0 Å². The molecule has 0 saturated carbocycles. The molecule has 8 nitrogen and oxygen atoms in total. The number of aromatic nitrogens is 1. The number of hydrogen-bond donors (Lipinski definition) is 0. The van der Waals surface area contributed by atoms with E-state index in [4.69, 9.17) is 34.8 Å². The Bertz CT molecular complexity index is 1970. The number of nitrogens with zero attached hydrogens (tertiary/aromatic N) is 2. The molecule has 2 aliphatic rings. The summed E-state index contributed by atoms with van der Waals surface area (Å²) >= 11 is 22.5. The summed E-state index contributed by atoms with van der Waals surface area (Å²) in [5, 5.41) is 3.52. The van der Waals surface area contributed by atoms with Crippen molar-refractivity contribution in [1.29, 1.82) is 0 Å². The van der Waals surface area contributed by atoms with Crippen molar-refractivity contribution in [2.45, 2.75) is 43.5 Å². The van der Waals surface area contributed by atoms with Gasteiger partial charge >= 0.3 is 51.4 Å². The number of hydrogen-bond acceptors (Lipinski definition) is 9. The maximum absolute atomic E-state index is 11.2. The minimum absolute atomic E-state index is 0. The molecule has 3 aromatic rings. The van der Waals surface area contributed by atoms with E-state index in [1.807, 2.05) is 58.0 Å². The Morgan fingerprint density at radius 2 is 1.59 bits per heavy atom. The second-order valence-electron chi connectivity index (χ2n) is 10.5. The van der Waals surface area contributed by atoms with Crippen LogP contribution in [0.2, 0.25) is 10.0 Å². The van der Waals surface area contributed by atoms with Crippen LogP contribution in [-0.4, -0.2) is 44.0 Å². The van der Waals surface area contributed by atoms with Crippen LogP contribution < -0.4 is 60.9 Å². The van der Waals surface area contributed by atoms with E-state index < -0.39 is 31.7 Å². The first-order valence-corrected chi connectivity index (χ1v) is 19.9. The van der Waals surface area contributed by atoms with E-state index >= 15 is 0 Å². The molecule has 0 atom stereocenters. The Hall–Kier alpha value is -0.234. The van der Waals surface area contributed by atoms with Gasteiger partial charge < -0.3 is 14.0 Å². The molecule has 16 heteroatoms. The molecule has 2 aromatic carbocycles. The predicted molar refractivity (Wildman–Crippen MR) is 182 cm³/mol. The molecule has 0 radical (unpaired) electrons. The zero-order chi connectivity index (χ0) is 32.4. The fraction of sp³-hybridized carbons (Fsp3) is 0.300. The van der Waals surface area contributed by atoms with Crippen LogP contribution in [0, 0.1) is 0 Å². The maximum atomic E-state index is 11.2. The number of thioether (sulfide) groups is 1. The van der Waals surface area contributed by atoms with Gasteiger partial charge in [-0.25, -0.2) is 16.8 Å². The zero-order valence-electron chi connectivity index (χ0n) is 24.7. The van der Waals surface area contributed by atoms with E-state index in [0.717, 1.165) is 61.2 Å². The summed E-state index contributed by atoms with van der Waals surface area (Å²) < 4.78 is 70.2. The first kappa shape index (κ1) is 38.6. The van der Waals surface area contributed by atoms with Crippen molar-refractivity contribution in [3.05, 3.63) is 90.9 Å². The fourth-order valence-electron chi connectivity index (χ4n) is 5.21. The Morgan fingerprint density at radius 3 is 2.33 bits per heavy atom. The first-order chi connectivity index (χ1) is 21.3. The smallest absolute Gasteiger partial charge is 0.748 e. The van der Waals surface area contributed by atoms with Gasteiger partial charge in [0, 0.05) is 56.6 Å². The monoisotopic (exact) mass is 784 g/mol. The van der Waals surface area contributed by atoms with Crippen molar-refractivity contribution in [3.8, 4) is 0 Å². The van der Waals surface area contributed by atoms with Gasteiger partial charge in [-0.15, -0.1) is 0 Å². The number of anilines is 1. The van der Waals surface area contributed by atoms with Gasteiger partial charge in [0.25, 0.3) is 5.01 Å². The maximum Gasteiger partial charge on any atom is 1.00 e. The summed E-state index contributed by atoms with van der Waals surface area (Å²) in [5.41, 5.74) is 3.65. The molecular formula is C30H28Cl3KN2O6S4. The van der Waals surface area contributed by atoms with Crippen LogP contribution in [0.3, 0.4) is 0 Å². The number of aryl methyl sites for hydroxylation is 1. The third-order valence-corrected chi connectivity index (χ3v) is 12.0. The molecule has 0 spiro atoms. The number of fused-ring (bicyclic) bond motifs is 2. The molecule has 46 heavy (non-hydrogen) atoms. The topological polar surface area (TPSA) is 122 Å². The largest absolute Gasteiger partial charge is 1.00 e. The van der Waals surface area contributed by atoms with E-state index in [1.54, 1.807) is 12.1 Å². The Morgan fingerprint density at radius 1 is 0.891 bits per heavy atom. The number of thiazole rings is 1. The van der Waals surface area contributed by atoms with Crippen LogP contribution in [0.25, 0.3) is 16.3 Å². The molecule has 0 bridgehead atoms. The van der Waals surface area contributed by atoms with Crippen LogP contribution in [0.4, 0.5) is 5.69 Å². The van der Waals surface area contributed by atoms with E-state index in [-0.39, 0.29) is 64.2 Å². The number of allylic oxidation sites excluding steroid dienone is 6. The van der Waals surface area contributed by atoms with Gasteiger partial charge in [-0.05, 0) is 73.2 Å². The number of halogens is 3. The molecule has 5 rings (SSSR count). The van der Waals surface area contributed by atoms with Gasteiger partial charge in [-0.2, -0.15) is 4.57 Å². The molecule has 1 aromatic heterocycles. The molecule has 0 N–H and O–H groups in total. The first-order valence-electron chi connectivity index (χ1n) is 14.0. The normalized spacial score (nSPS) is 17.5. The molecule has 1 aliphatic carbocycles. The molecule has 0 unspecified atom stereocenters. The van der Waals surface area contributed by atoms with E-state index in [9.17, 15) is 25.9 Å². The Kier molecular flexibility index (Phi) is 14.0. The summed E-state index contributed by atoms with van der Waals surface area (Å²) in [6, 6.07) is 11.1. The minimum atomic E-state index is -4.32. The molecule has 0 fully saturated rings. The summed E-state index contributed by atoms with van der Waals surface area (Å²) in [6.45, 7) is 0.686. The van der Waals surface area contributed by atoms with Crippen LogP contribution in [0.5, 0.6) is 0 Å². The average Bonchev–Trinajstić information content (AvgIpc) is 3.47. The SMILES string of the molecule is O=S(=O)([O-])CCCN1/C(=C/C=C2\CCCC(/C=C/c3sc4ccc(Cl)cc4[n+]3CCCS(=O)(=O)[O-])=C2Cl)Sc2ccc(Cl)cc21.[K+]. The van der Waals surface area contributed by atoms with Gasteiger partial charge in [0.1, 0.15) is 4.70 Å². The van der Waals surface area contributed by atoms with Crippen LogP contribution >= 0.6 is 57.9 Å². The standard InChI is InChI=1S/C30H29Cl3N2O6S4.K/c31-22-8-10-26-24(18-22)34(14-2-16-44(36,37)38)28(42-26)12-6-20-4-1-5-21(30(20)33)7-13-29-35(15-3-17-45(39,40)41)25-19-23(32)9-11-27(25)43-29;/h6-13,18-19H,1-5,14-17H2,(H-,36,37,38,39,40,41);/q;+1/p-1. The Labute approximate surface area is 335 Å². The van der Waals surface area contributed by atoms with Crippen molar-refractivity contribution < 1.29 is 81.9 Å². The summed E-state index contributed by atoms with van der Waals surface area (Å²) in [5.74, 6) is -0.902. The summed E-state index contributed by atoms with van der Waals surface area (Å²) in [4.78, 5) is 2.95. The number of benzene rings is 2. The fourth-order valence-corrected chi connectivity index (χ4v) is 8.96. The van der Waals surface area contributed by atoms with Crippen molar-refractivity contribution >= 4 is 100 Å². The van der Waals surface area contributed by atoms with E-state index in [1.165, 1.54) is 23.1 Å². The van der Waals surface area contributed by atoms with Gasteiger partial charge in [-0.1, -0.05) is 70.1 Å². The van der Waals surface area contributed by atoms with Crippen molar-refractivity contribution in [3.63, 3.8) is 0 Å². The molecular weight excluding hydrogens is 758 g/mol. The Balaban J connectivity index is 0.00000480. The third-order valence-electron chi connectivity index (χ3n) is 7.25. The second-order valence-corrected chi connectivity index (χ2v) is 16.9. The zero-order valence-corrected chi connectivity index (χ0v) is 33.4. The average molecular weight is 786 g/mol. The van der Waals surface area contributed by atoms with E-state index in [2.05, 4.69) is 0 Å². The van der Waals surface area contributed by atoms with Crippen LogP contribution in [0.15, 0.2) is 80.7 Å². The molecule has 240 valence electrons. The summed E-state index contributed by atoms with van der Waals surface area (Å²) in [6.07, 6.45) is 10.7. The van der Waals surface area contributed by atoms with E-state index in [0.29, 0.717) is 28.2 Å². The third kappa shape index (κ3) is 10.4. The van der Waals surface area contributed by atoms with Gasteiger partial charge in [0.05, 0.1) is 31.0 Å². The van der Waals surface area contributed by atoms with Gasteiger partial charge in [0.15, 0.2) is 6.54 Å². The predicted octanol–water partition coefficient (Wildman–Crippen LogP) is 4.44. The summed E-state index contributed by atoms with van der Waals surface area (Å²) in [7, 11) is -8.65. The molecule has 0 saturated heterocycles. The molecule has 1 aliphatic heterocycles. The molecule has 2 heterocycles. The second kappa shape index (κ2) is 16.6. The van der Waals surface area contributed by atoms with Crippen LogP contribution in [-0.2, 0) is 26.8 Å². The van der Waals surface area contributed by atoms with Crippen molar-refractivity contribution in [1.82, 2.24) is 0 Å². The van der Waals surface area contributed by atoms with Crippen molar-refractivity contribution in [2.75, 3.05) is 23.0 Å². The van der Waals surface area contributed by atoms with Crippen LogP contribution in [0.1, 0.15) is 37.1 Å².